The summed E-state index contributed by atoms with van der Waals surface area (Å²) in [6.45, 7) is 2.40. The molecule has 0 aliphatic rings. The van der Waals surface area contributed by atoms with E-state index >= 15 is 0 Å². The van der Waals surface area contributed by atoms with E-state index in [4.69, 9.17) is 0 Å². The van der Waals surface area contributed by atoms with E-state index in [1.165, 1.54) is 6.20 Å². The number of carbonyl (C=O) groups excluding carboxylic acids is 1. The summed E-state index contributed by atoms with van der Waals surface area (Å²) in [6.07, 6.45) is 4.70. The Labute approximate surface area is 156 Å². The topological polar surface area (TPSA) is 64.8 Å². The van der Waals surface area contributed by atoms with Crippen molar-refractivity contribution in [2.24, 2.45) is 0 Å². The maximum Gasteiger partial charge on any atom is 0.200 e. The lowest BCUT2D eigenvalue weighted by molar-refractivity contribution is 0.103. The van der Waals surface area contributed by atoms with Crippen LogP contribution in [0.1, 0.15) is 27.3 Å². The molecular formula is C22H17N3O2. The van der Waals surface area contributed by atoms with E-state index in [9.17, 15) is 9.59 Å². The number of carbonyl (C=O) groups is 1. The first-order chi connectivity index (χ1) is 13.1. The van der Waals surface area contributed by atoms with Gasteiger partial charge >= 0.3 is 0 Å². The molecule has 3 heterocycles. The molecule has 4 aromatic rings. The van der Waals surface area contributed by atoms with Gasteiger partial charge < -0.3 is 4.57 Å². The number of nitrogens with zero attached hydrogens (tertiary/aromatic N) is 3. The van der Waals surface area contributed by atoms with Crippen LogP contribution in [0.4, 0.5) is 0 Å². The third-order valence-corrected chi connectivity index (χ3v) is 4.43. The van der Waals surface area contributed by atoms with Crippen molar-refractivity contribution in [2.75, 3.05) is 0 Å². The molecule has 27 heavy (non-hydrogen) atoms. The van der Waals surface area contributed by atoms with Crippen LogP contribution in [0.3, 0.4) is 0 Å². The van der Waals surface area contributed by atoms with Crippen molar-refractivity contribution in [3.63, 3.8) is 0 Å². The zero-order valence-electron chi connectivity index (χ0n) is 14.8. The summed E-state index contributed by atoms with van der Waals surface area (Å²) in [4.78, 5) is 34.4. The fourth-order valence-electron chi connectivity index (χ4n) is 3.15. The fourth-order valence-corrected chi connectivity index (χ4v) is 3.15. The second kappa shape index (κ2) is 6.96. The van der Waals surface area contributed by atoms with Gasteiger partial charge in [0.05, 0.1) is 23.3 Å². The summed E-state index contributed by atoms with van der Waals surface area (Å²) < 4.78 is 1.90. The second-order valence-corrected chi connectivity index (χ2v) is 6.36. The highest BCUT2D eigenvalue weighted by atomic mass is 16.1. The Hall–Kier alpha value is -3.60. The number of hydrogen-bond acceptors (Lipinski definition) is 4. The molecule has 132 valence electrons. The molecule has 0 saturated carbocycles. The van der Waals surface area contributed by atoms with Gasteiger partial charge in [0, 0.05) is 35.2 Å². The fraction of sp³-hybridized carbons (Fsp3) is 0.0909. The van der Waals surface area contributed by atoms with Crippen LogP contribution in [0.15, 0.2) is 78.0 Å². The molecule has 5 heteroatoms. The van der Waals surface area contributed by atoms with Gasteiger partial charge in [-0.15, -0.1) is 0 Å². The first-order valence-corrected chi connectivity index (χ1v) is 8.63. The van der Waals surface area contributed by atoms with Crippen LogP contribution in [-0.4, -0.2) is 20.3 Å². The number of aryl methyl sites for hydroxylation is 1. The Kier molecular flexibility index (Phi) is 4.34. The van der Waals surface area contributed by atoms with Crippen molar-refractivity contribution < 1.29 is 4.79 Å². The molecule has 0 fully saturated rings. The predicted molar refractivity (Wildman–Crippen MR) is 104 cm³/mol. The van der Waals surface area contributed by atoms with Crippen molar-refractivity contribution in [1.82, 2.24) is 14.5 Å². The third kappa shape index (κ3) is 3.27. The highest BCUT2D eigenvalue weighted by molar-refractivity contribution is 6.09. The summed E-state index contributed by atoms with van der Waals surface area (Å²) in [7, 11) is 0. The van der Waals surface area contributed by atoms with E-state index in [2.05, 4.69) is 9.97 Å². The molecule has 4 rings (SSSR count). The number of ketones is 1. The van der Waals surface area contributed by atoms with Gasteiger partial charge in [0.15, 0.2) is 5.78 Å². The molecule has 0 aliphatic heterocycles. The summed E-state index contributed by atoms with van der Waals surface area (Å²) in [6, 6.07) is 16.5. The number of pyridine rings is 3. The minimum atomic E-state index is -0.329. The predicted octanol–water partition coefficient (Wildman–Crippen LogP) is 3.38. The van der Waals surface area contributed by atoms with E-state index in [1.807, 2.05) is 41.8 Å². The van der Waals surface area contributed by atoms with Gasteiger partial charge in [0.2, 0.25) is 5.43 Å². The van der Waals surface area contributed by atoms with Crippen molar-refractivity contribution in [3.8, 4) is 0 Å². The van der Waals surface area contributed by atoms with Crippen LogP contribution in [-0.2, 0) is 6.54 Å². The maximum absolute atomic E-state index is 12.9. The van der Waals surface area contributed by atoms with Gasteiger partial charge in [-0.2, -0.15) is 0 Å². The summed E-state index contributed by atoms with van der Waals surface area (Å²) in [5.41, 5.74) is 2.81. The summed E-state index contributed by atoms with van der Waals surface area (Å²) >= 11 is 0. The standard InChI is InChI=1S/C22H17N3O2/c1-15-6-4-8-17(24-15)13-25-14-19(21(26)16-7-5-11-23-12-16)22(27)18-9-2-3-10-20(18)25/h2-12,14H,13H2,1H3. The number of rotatable bonds is 4. The molecule has 0 radical (unpaired) electrons. The van der Waals surface area contributed by atoms with Gasteiger partial charge in [0.25, 0.3) is 0 Å². The molecule has 0 amide bonds. The molecule has 0 unspecified atom stereocenters. The van der Waals surface area contributed by atoms with Gasteiger partial charge in [0.1, 0.15) is 0 Å². The van der Waals surface area contributed by atoms with Crippen molar-refractivity contribution >= 4 is 16.7 Å². The van der Waals surface area contributed by atoms with Crippen LogP contribution < -0.4 is 5.43 Å². The SMILES string of the molecule is Cc1cccc(Cn2cc(C(=O)c3cccnc3)c(=O)c3ccccc32)n1. The molecule has 0 bridgehead atoms. The Morgan fingerprint density at radius 2 is 1.89 bits per heavy atom. The largest absolute Gasteiger partial charge is 0.340 e. The third-order valence-electron chi connectivity index (χ3n) is 4.43. The average Bonchev–Trinajstić information content (AvgIpc) is 2.70. The van der Waals surface area contributed by atoms with Gasteiger partial charge in [-0.05, 0) is 43.3 Å². The first-order valence-electron chi connectivity index (χ1n) is 8.63. The molecule has 1 aromatic carbocycles. The Morgan fingerprint density at radius 3 is 2.67 bits per heavy atom. The van der Waals surface area contributed by atoms with Crippen molar-refractivity contribution in [1.29, 1.82) is 0 Å². The van der Waals surface area contributed by atoms with Crippen LogP contribution in [0.25, 0.3) is 10.9 Å². The quantitative estimate of drug-likeness (QED) is 0.527. The first kappa shape index (κ1) is 16.8. The van der Waals surface area contributed by atoms with Gasteiger partial charge in [-0.3, -0.25) is 19.6 Å². The summed E-state index contributed by atoms with van der Waals surface area (Å²) in [5, 5.41) is 0.514. The number of fused-ring (bicyclic) bond motifs is 1. The van der Waals surface area contributed by atoms with Crippen molar-refractivity contribution in [2.45, 2.75) is 13.5 Å². The number of hydrogen-bond donors (Lipinski definition) is 0. The second-order valence-electron chi connectivity index (χ2n) is 6.36. The lowest BCUT2D eigenvalue weighted by Crippen LogP contribution is -2.20. The Bertz CT molecular complexity index is 1200. The van der Waals surface area contributed by atoms with Crippen LogP contribution in [0, 0.1) is 6.92 Å². The smallest absolute Gasteiger partial charge is 0.200 e. The van der Waals surface area contributed by atoms with Gasteiger partial charge in [-0.1, -0.05) is 18.2 Å². The molecule has 0 spiro atoms. The minimum absolute atomic E-state index is 0.134. The van der Waals surface area contributed by atoms with E-state index in [1.54, 1.807) is 36.7 Å². The van der Waals surface area contributed by atoms with E-state index in [0.717, 1.165) is 16.9 Å². The zero-order valence-corrected chi connectivity index (χ0v) is 14.8. The average molecular weight is 355 g/mol. The van der Waals surface area contributed by atoms with Crippen molar-refractivity contribution in [3.05, 3.63) is 106 Å². The highest BCUT2D eigenvalue weighted by Gasteiger charge is 2.17. The number of para-hydroxylation sites is 1. The lowest BCUT2D eigenvalue weighted by atomic mass is 10.0. The monoisotopic (exact) mass is 355 g/mol. The molecule has 0 atom stereocenters. The summed E-state index contributed by atoms with van der Waals surface area (Å²) in [5.74, 6) is -0.329. The molecule has 3 aromatic heterocycles. The lowest BCUT2D eigenvalue weighted by Gasteiger charge is -2.13. The molecule has 5 nitrogen and oxygen atoms in total. The Morgan fingerprint density at radius 1 is 1.04 bits per heavy atom. The van der Waals surface area contributed by atoms with E-state index < -0.39 is 0 Å². The number of benzene rings is 1. The van der Waals surface area contributed by atoms with Gasteiger partial charge in [-0.25, -0.2) is 0 Å². The highest BCUT2D eigenvalue weighted by Crippen LogP contribution is 2.15. The molecular weight excluding hydrogens is 338 g/mol. The molecule has 0 saturated heterocycles. The zero-order chi connectivity index (χ0) is 18.8. The van der Waals surface area contributed by atoms with Crippen LogP contribution in [0.5, 0.6) is 0 Å². The van der Waals surface area contributed by atoms with E-state index in [-0.39, 0.29) is 16.8 Å². The normalized spacial score (nSPS) is 10.9. The Balaban J connectivity index is 1.89. The minimum Gasteiger partial charge on any atom is -0.340 e. The molecule has 0 aliphatic carbocycles. The maximum atomic E-state index is 12.9. The van der Waals surface area contributed by atoms with Crippen LogP contribution in [0.2, 0.25) is 0 Å². The molecule has 0 N–H and O–H groups in total. The van der Waals surface area contributed by atoms with E-state index in [0.29, 0.717) is 17.5 Å². The number of aromatic nitrogens is 3. The van der Waals surface area contributed by atoms with Crippen LogP contribution >= 0.6 is 0 Å².